The molecule has 1 amide bonds. The molecular weight excluding hydrogens is 553 g/mol. The average molecular weight is 577 g/mol. The lowest BCUT2D eigenvalue weighted by Crippen LogP contribution is -2.32. The lowest BCUT2D eigenvalue weighted by molar-refractivity contribution is -0.137. The van der Waals surface area contributed by atoms with Crippen molar-refractivity contribution in [1.29, 1.82) is 0 Å². The molecule has 3 rings (SSSR count). The minimum Gasteiger partial charge on any atom is -0.444 e. The molecule has 1 N–H and O–H groups in total. The molecule has 200 valence electrons. The van der Waals surface area contributed by atoms with Crippen LogP contribution >= 0.6 is 11.3 Å². The molecule has 1 heterocycles. The summed E-state index contributed by atoms with van der Waals surface area (Å²) in [6.07, 6.45) is -3.31. The molecule has 3 aromatic rings. The van der Waals surface area contributed by atoms with E-state index in [-0.39, 0.29) is 36.7 Å². The number of amides is 1. The molecule has 14 heteroatoms. The second kappa shape index (κ2) is 10.1. The van der Waals surface area contributed by atoms with Crippen LogP contribution in [0.25, 0.3) is 11.1 Å². The Balaban J connectivity index is 1.97. The molecule has 37 heavy (non-hydrogen) atoms. The predicted molar refractivity (Wildman–Crippen MR) is 131 cm³/mol. The Bertz CT molecular complexity index is 1520. The van der Waals surface area contributed by atoms with Crippen molar-refractivity contribution in [2.45, 2.75) is 53.1 Å². The van der Waals surface area contributed by atoms with Gasteiger partial charge in [0, 0.05) is 6.26 Å². The van der Waals surface area contributed by atoms with Gasteiger partial charge in [-0.05, 0) is 62.2 Å². The van der Waals surface area contributed by atoms with Crippen molar-refractivity contribution >= 4 is 37.1 Å². The summed E-state index contributed by atoms with van der Waals surface area (Å²) in [6.45, 7) is 4.95. The first kappa shape index (κ1) is 28.6. The van der Waals surface area contributed by atoms with E-state index in [9.17, 15) is 34.8 Å². The molecule has 0 aliphatic rings. The van der Waals surface area contributed by atoms with Crippen LogP contribution in [0.2, 0.25) is 0 Å². The van der Waals surface area contributed by atoms with Gasteiger partial charge >= 0.3 is 12.3 Å². The highest BCUT2D eigenvalue weighted by atomic mass is 32.2. The lowest BCUT2D eigenvalue weighted by atomic mass is 10.0. The fourth-order valence-electron chi connectivity index (χ4n) is 3.04. The van der Waals surface area contributed by atoms with Gasteiger partial charge in [0.15, 0.2) is 9.84 Å². The van der Waals surface area contributed by atoms with Gasteiger partial charge in [0.2, 0.25) is 9.84 Å². The number of rotatable bonds is 6. The summed E-state index contributed by atoms with van der Waals surface area (Å²) in [5.41, 5.74) is -1.33. The second-order valence-electron chi connectivity index (χ2n) is 8.97. The Labute approximate surface area is 216 Å². The van der Waals surface area contributed by atoms with Gasteiger partial charge in [-0.1, -0.05) is 12.1 Å². The van der Waals surface area contributed by atoms with Gasteiger partial charge in [-0.25, -0.2) is 26.6 Å². The number of benzene rings is 2. The van der Waals surface area contributed by atoms with Crippen LogP contribution in [-0.4, -0.2) is 39.8 Å². The van der Waals surface area contributed by atoms with Crippen LogP contribution in [0, 0.1) is 0 Å². The Kier molecular flexibility index (Phi) is 7.78. The van der Waals surface area contributed by atoms with Crippen LogP contribution < -0.4 is 5.32 Å². The smallest absolute Gasteiger partial charge is 0.416 e. The normalized spacial score (nSPS) is 12.8. The molecule has 0 aliphatic heterocycles. The van der Waals surface area contributed by atoms with Crippen molar-refractivity contribution in [3.05, 3.63) is 59.2 Å². The molecule has 0 unspecified atom stereocenters. The SMILES string of the molecule is CC(C)(C)OC(=O)NCc1ncc(S(=O)(=O)c2cc(-c3ccc(C(F)(F)F)cc3)cc(S(C)(=O)=O)c2)s1. The number of carbonyl (C=O) groups excluding carboxylic acids is 1. The predicted octanol–water partition coefficient (Wildman–Crippen LogP) is 5.09. The highest BCUT2D eigenvalue weighted by molar-refractivity contribution is 7.93. The summed E-state index contributed by atoms with van der Waals surface area (Å²) >= 11 is 0.771. The zero-order valence-electron chi connectivity index (χ0n) is 20.1. The van der Waals surface area contributed by atoms with E-state index in [2.05, 4.69) is 10.3 Å². The van der Waals surface area contributed by atoms with Crippen LogP contribution in [0.15, 0.2) is 62.7 Å². The fourth-order valence-corrected chi connectivity index (χ4v) is 6.39. The van der Waals surface area contributed by atoms with Gasteiger partial charge < -0.3 is 10.1 Å². The number of sulfone groups is 2. The molecule has 0 radical (unpaired) electrons. The van der Waals surface area contributed by atoms with Crippen LogP contribution in [-0.2, 0) is 37.1 Å². The van der Waals surface area contributed by atoms with Gasteiger partial charge in [-0.15, -0.1) is 11.3 Å². The molecule has 0 atom stereocenters. The maximum Gasteiger partial charge on any atom is 0.416 e. The first-order chi connectivity index (χ1) is 16.9. The lowest BCUT2D eigenvalue weighted by Gasteiger charge is -2.19. The van der Waals surface area contributed by atoms with Gasteiger partial charge in [0.1, 0.15) is 14.8 Å². The largest absolute Gasteiger partial charge is 0.444 e. The number of thiazole rings is 1. The standard InChI is InChI=1S/C23H23F3N2O6S3/c1-22(2,3)34-21(29)28-12-19-27-13-20(35-19)37(32,33)18-10-15(9-17(11-18)36(4,30)31)14-5-7-16(8-6-14)23(24,25)26/h5-11,13H,12H2,1-4H3,(H,28,29). The van der Waals surface area contributed by atoms with E-state index in [4.69, 9.17) is 4.74 Å². The summed E-state index contributed by atoms with van der Waals surface area (Å²) < 4.78 is 94.9. The summed E-state index contributed by atoms with van der Waals surface area (Å²) in [7, 11) is -8.14. The number of halogens is 3. The van der Waals surface area contributed by atoms with Gasteiger partial charge in [-0.3, -0.25) is 0 Å². The third kappa shape index (κ3) is 7.29. The van der Waals surface area contributed by atoms with Gasteiger partial charge in [-0.2, -0.15) is 13.2 Å². The number of alkyl carbamates (subject to hydrolysis) is 1. The zero-order chi connectivity index (χ0) is 27.8. The Morgan fingerprint density at radius 3 is 2.11 bits per heavy atom. The monoisotopic (exact) mass is 576 g/mol. The minimum atomic E-state index is -4.57. The fraction of sp³-hybridized carbons (Fsp3) is 0.304. The van der Waals surface area contributed by atoms with E-state index in [0.717, 1.165) is 54.1 Å². The molecule has 1 aromatic heterocycles. The number of nitrogens with one attached hydrogen (secondary N) is 1. The second-order valence-corrected chi connectivity index (χ2v) is 14.3. The van der Waals surface area contributed by atoms with Crippen molar-refractivity contribution in [2.75, 3.05) is 6.26 Å². The first-order valence-electron chi connectivity index (χ1n) is 10.6. The summed E-state index contributed by atoms with van der Waals surface area (Å²) in [4.78, 5) is 15.2. The molecule has 0 bridgehead atoms. The van der Waals surface area contributed by atoms with Crippen LogP contribution in [0.1, 0.15) is 31.3 Å². The third-order valence-corrected chi connectivity index (χ3v) is 9.03. The van der Waals surface area contributed by atoms with E-state index >= 15 is 0 Å². The highest BCUT2D eigenvalue weighted by Crippen LogP contribution is 2.34. The van der Waals surface area contributed by atoms with Crippen molar-refractivity contribution in [2.24, 2.45) is 0 Å². The molecule has 2 aromatic carbocycles. The Morgan fingerprint density at radius 1 is 0.973 bits per heavy atom. The highest BCUT2D eigenvalue weighted by Gasteiger charge is 2.30. The minimum absolute atomic E-state index is 0.102. The van der Waals surface area contributed by atoms with E-state index in [1.807, 2.05) is 0 Å². The summed E-state index contributed by atoms with van der Waals surface area (Å²) in [5.74, 6) is 0. The number of hydrogen-bond acceptors (Lipinski definition) is 8. The summed E-state index contributed by atoms with van der Waals surface area (Å²) in [6, 6.07) is 7.27. The van der Waals surface area contributed by atoms with Crippen molar-refractivity contribution in [1.82, 2.24) is 10.3 Å². The van der Waals surface area contributed by atoms with Crippen LogP contribution in [0.3, 0.4) is 0 Å². The number of ether oxygens (including phenoxy) is 1. The molecule has 0 saturated carbocycles. The maximum absolute atomic E-state index is 13.3. The van der Waals surface area contributed by atoms with Crippen molar-refractivity contribution in [3.8, 4) is 11.1 Å². The molecular formula is C23H23F3N2O6S3. The number of alkyl halides is 3. The van der Waals surface area contributed by atoms with E-state index in [0.29, 0.717) is 0 Å². The third-order valence-electron chi connectivity index (χ3n) is 4.74. The van der Waals surface area contributed by atoms with Crippen LogP contribution in [0.5, 0.6) is 0 Å². The van der Waals surface area contributed by atoms with E-state index in [1.54, 1.807) is 20.8 Å². The summed E-state index contributed by atoms with van der Waals surface area (Å²) in [5, 5.41) is 2.72. The quantitative estimate of drug-likeness (QED) is 0.434. The Hall–Kier alpha value is -2.97. The van der Waals surface area contributed by atoms with Crippen molar-refractivity contribution < 1.29 is 39.5 Å². The van der Waals surface area contributed by atoms with Gasteiger partial charge in [0.25, 0.3) is 0 Å². The number of nitrogens with zero attached hydrogens (tertiary/aromatic N) is 1. The topological polar surface area (TPSA) is 119 Å². The number of carbonyl (C=O) groups is 1. The van der Waals surface area contributed by atoms with E-state index in [1.165, 1.54) is 12.1 Å². The maximum atomic E-state index is 13.3. The molecule has 0 saturated heterocycles. The molecule has 0 fully saturated rings. The molecule has 0 spiro atoms. The van der Waals surface area contributed by atoms with Gasteiger partial charge in [0.05, 0.1) is 28.1 Å². The molecule has 8 nitrogen and oxygen atoms in total. The first-order valence-corrected chi connectivity index (χ1v) is 14.7. The average Bonchev–Trinajstić information content (AvgIpc) is 3.25. The Morgan fingerprint density at radius 2 is 1.57 bits per heavy atom. The zero-order valence-corrected chi connectivity index (χ0v) is 22.5. The van der Waals surface area contributed by atoms with Crippen LogP contribution in [0.4, 0.5) is 18.0 Å². The molecule has 0 aliphatic carbocycles. The van der Waals surface area contributed by atoms with E-state index < -0.39 is 43.1 Å². The number of hydrogen-bond donors (Lipinski definition) is 1. The number of aromatic nitrogens is 1. The van der Waals surface area contributed by atoms with Crippen molar-refractivity contribution in [3.63, 3.8) is 0 Å².